The number of likely N-dealkylation sites (tertiary alicyclic amines) is 1. The highest BCUT2D eigenvalue weighted by Gasteiger charge is 2.47. The maximum Gasteiger partial charge on any atom is 0.269 e. The van der Waals surface area contributed by atoms with Gasteiger partial charge in [-0.15, -0.1) is 0 Å². The summed E-state index contributed by atoms with van der Waals surface area (Å²) in [6.45, 7) is 5.86. The molecule has 0 spiro atoms. The normalized spacial score (nSPS) is 19.7. The molecule has 0 saturated carbocycles. The Bertz CT molecular complexity index is 1040. The van der Waals surface area contributed by atoms with E-state index < -0.39 is 5.41 Å². The second kappa shape index (κ2) is 9.17. The number of nitrogens with zero attached hydrogens (tertiary/aromatic N) is 3. The van der Waals surface area contributed by atoms with Gasteiger partial charge in [-0.1, -0.05) is 25.1 Å². The molecule has 1 aromatic heterocycles. The minimum absolute atomic E-state index is 0.0332. The molecule has 0 bridgehead atoms. The van der Waals surface area contributed by atoms with E-state index in [4.69, 9.17) is 4.74 Å². The minimum atomic E-state index is -0.899. The van der Waals surface area contributed by atoms with Crippen molar-refractivity contribution in [2.45, 2.75) is 50.4 Å². The molecule has 4 rings (SSSR count). The highest BCUT2D eigenvalue weighted by Crippen LogP contribution is 2.40. The van der Waals surface area contributed by atoms with Gasteiger partial charge >= 0.3 is 0 Å². The first-order valence-corrected chi connectivity index (χ1v) is 11.5. The van der Waals surface area contributed by atoms with Crippen LogP contribution in [-0.4, -0.2) is 60.0 Å². The summed E-state index contributed by atoms with van der Waals surface area (Å²) in [4.78, 5) is 37.0. The number of halogens is 1. The van der Waals surface area contributed by atoms with E-state index in [1.165, 1.54) is 6.07 Å². The third-order valence-electron chi connectivity index (χ3n) is 7.15. The van der Waals surface area contributed by atoms with Crippen molar-refractivity contribution in [1.29, 1.82) is 0 Å². The van der Waals surface area contributed by atoms with Crippen LogP contribution in [0.25, 0.3) is 0 Å². The monoisotopic (exact) mass is 454 g/mol. The van der Waals surface area contributed by atoms with E-state index in [2.05, 4.69) is 22.2 Å². The van der Waals surface area contributed by atoms with Crippen LogP contribution < -0.4 is 5.32 Å². The van der Waals surface area contributed by atoms with Crippen LogP contribution in [0, 0.1) is 12.7 Å². The smallest absolute Gasteiger partial charge is 0.269 e. The molecule has 1 N–H and O–H groups in total. The molecule has 2 aromatic rings. The summed E-state index contributed by atoms with van der Waals surface area (Å²) in [7, 11) is 1.58. The van der Waals surface area contributed by atoms with Gasteiger partial charge in [0.2, 0.25) is 5.91 Å². The number of hydrogen-bond acceptors (Lipinski definition) is 5. The summed E-state index contributed by atoms with van der Waals surface area (Å²) in [5.74, 6) is 0.00559. The van der Waals surface area contributed by atoms with Crippen LogP contribution in [0.5, 0.6) is 0 Å². The van der Waals surface area contributed by atoms with Crippen molar-refractivity contribution in [3.8, 4) is 0 Å². The maximum atomic E-state index is 14.8. The lowest BCUT2D eigenvalue weighted by Gasteiger charge is -2.44. The number of carbonyl (C=O) groups is 2. The molecule has 0 aliphatic carbocycles. The van der Waals surface area contributed by atoms with Crippen LogP contribution in [0.4, 0.5) is 4.39 Å². The van der Waals surface area contributed by atoms with Crippen LogP contribution in [0.1, 0.15) is 60.2 Å². The lowest BCUT2D eigenvalue weighted by Crippen LogP contribution is -2.54. The van der Waals surface area contributed by atoms with Crippen LogP contribution in [0.2, 0.25) is 0 Å². The Morgan fingerprint density at radius 1 is 1.09 bits per heavy atom. The van der Waals surface area contributed by atoms with E-state index in [0.29, 0.717) is 69.1 Å². The highest BCUT2D eigenvalue weighted by atomic mass is 19.1. The predicted molar refractivity (Wildman–Crippen MR) is 121 cm³/mol. The zero-order chi connectivity index (χ0) is 23.6. The maximum absolute atomic E-state index is 14.8. The lowest BCUT2D eigenvalue weighted by atomic mass is 9.71. The van der Waals surface area contributed by atoms with E-state index in [-0.39, 0.29) is 23.0 Å². The first-order valence-electron chi connectivity index (χ1n) is 11.5. The minimum Gasteiger partial charge on any atom is -0.381 e. The summed E-state index contributed by atoms with van der Waals surface area (Å²) >= 11 is 0. The summed E-state index contributed by atoms with van der Waals surface area (Å²) in [5.41, 5.74) is 0.291. The fourth-order valence-electron chi connectivity index (χ4n) is 4.98. The van der Waals surface area contributed by atoms with Gasteiger partial charge in [0.25, 0.3) is 5.91 Å². The van der Waals surface area contributed by atoms with Gasteiger partial charge in [0.1, 0.15) is 17.3 Å². The largest absolute Gasteiger partial charge is 0.381 e. The van der Waals surface area contributed by atoms with Crippen molar-refractivity contribution >= 4 is 11.8 Å². The quantitative estimate of drug-likeness (QED) is 0.768. The number of amides is 2. The average molecular weight is 455 g/mol. The predicted octanol–water partition coefficient (Wildman–Crippen LogP) is 2.91. The molecule has 176 valence electrons. The number of rotatable bonds is 4. The molecule has 7 nitrogen and oxygen atoms in total. The molecule has 0 atom stereocenters. The third-order valence-corrected chi connectivity index (χ3v) is 7.15. The SMILES string of the molecule is CNC(=O)c1cc(C)nc(C2(C)CCN(C(=O)C3(c4ccccc4F)CCOCC3)CC2)n1. The van der Waals surface area contributed by atoms with Crippen molar-refractivity contribution in [2.75, 3.05) is 33.4 Å². The Labute approximate surface area is 193 Å². The Morgan fingerprint density at radius 3 is 2.39 bits per heavy atom. The number of piperidine rings is 1. The standard InChI is InChI=1S/C25H31FN4O3/c1-17-16-20(21(31)27-3)29-22(28-17)24(2)8-12-30(13-9-24)23(32)25(10-14-33-15-11-25)18-6-4-5-7-19(18)26/h4-7,16H,8-15H2,1-3H3,(H,27,31). The second-order valence-electron chi connectivity index (χ2n) is 9.32. The third kappa shape index (κ3) is 4.36. The van der Waals surface area contributed by atoms with Crippen molar-refractivity contribution in [3.05, 3.63) is 58.9 Å². The number of hydrogen-bond donors (Lipinski definition) is 1. The molecule has 2 amide bonds. The zero-order valence-electron chi connectivity index (χ0n) is 19.5. The molecular weight excluding hydrogens is 423 g/mol. The van der Waals surface area contributed by atoms with Crippen molar-refractivity contribution in [3.63, 3.8) is 0 Å². The topological polar surface area (TPSA) is 84.4 Å². The van der Waals surface area contributed by atoms with E-state index in [0.717, 1.165) is 5.69 Å². The van der Waals surface area contributed by atoms with Crippen LogP contribution in [-0.2, 0) is 20.4 Å². The summed E-state index contributed by atoms with van der Waals surface area (Å²) in [5, 5.41) is 2.61. The molecule has 3 heterocycles. The average Bonchev–Trinajstić information content (AvgIpc) is 2.84. The van der Waals surface area contributed by atoms with E-state index in [1.807, 2.05) is 11.8 Å². The molecule has 8 heteroatoms. The summed E-state index contributed by atoms with van der Waals surface area (Å²) in [6, 6.07) is 8.26. The van der Waals surface area contributed by atoms with Gasteiger partial charge in [-0.05, 0) is 44.7 Å². The number of aryl methyl sites for hydroxylation is 1. The molecule has 1 aromatic carbocycles. The fraction of sp³-hybridized carbons (Fsp3) is 0.520. The van der Waals surface area contributed by atoms with E-state index >= 15 is 0 Å². The van der Waals surface area contributed by atoms with Gasteiger partial charge in [-0.2, -0.15) is 0 Å². The second-order valence-corrected chi connectivity index (χ2v) is 9.32. The lowest BCUT2D eigenvalue weighted by molar-refractivity contribution is -0.143. The van der Waals surface area contributed by atoms with Gasteiger partial charge in [0.15, 0.2) is 0 Å². The van der Waals surface area contributed by atoms with Gasteiger partial charge in [0.05, 0.1) is 5.41 Å². The summed E-state index contributed by atoms with van der Waals surface area (Å²) < 4.78 is 20.3. The molecule has 0 unspecified atom stereocenters. The molecule has 2 aliphatic rings. The van der Waals surface area contributed by atoms with Gasteiger partial charge < -0.3 is 15.0 Å². The molecule has 33 heavy (non-hydrogen) atoms. The van der Waals surface area contributed by atoms with Crippen LogP contribution >= 0.6 is 0 Å². The number of nitrogens with one attached hydrogen (secondary N) is 1. The highest BCUT2D eigenvalue weighted by molar-refractivity contribution is 5.92. The fourth-order valence-corrected chi connectivity index (χ4v) is 4.98. The molecule has 2 aliphatic heterocycles. The van der Waals surface area contributed by atoms with Gasteiger partial charge in [-0.25, -0.2) is 14.4 Å². The van der Waals surface area contributed by atoms with E-state index in [1.54, 1.807) is 31.3 Å². The number of carbonyl (C=O) groups excluding carboxylic acids is 2. The van der Waals surface area contributed by atoms with E-state index in [9.17, 15) is 14.0 Å². The number of benzene rings is 1. The Kier molecular flexibility index (Phi) is 6.47. The molecule has 0 radical (unpaired) electrons. The van der Waals surface area contributed by atoms with Crippen molar-refractivity contribution < 1.29 is 18.7 Å². The van der Waals surface area contributed by atoms with Gasteiger partial charge in [-0.3, -0.25) is 9.59 Å². The number of ether oxygens (including phenoxy) is 1. The molecule has 2 fully saturated rings. The van der Waals surface area contributed by atoms with Crippen molar-refractivity contribution in [2.24, 2.45) is 0 Å². The Balaban J connectivity index is 1.57. The van der Waals surface area contributed by atoms with Gasteiger partial charge in [0, 0.05) is 50.0 Å². The number of aromatic nitrogens is 2. The van der Waals surface area contributed by atoms with Crippen molar-refractivity contribution in [1.82, 2.24) is 20.2 Å². The zero-order valence-corrected chi connectivity index (χ0v) is 19.5. The Morgan fingerprint density at radius 2 is 1.76 bits per heavy atom. The summed E-state index contributed by atoms with van der Waals surface area (Å²) in [6.07, 6.45) is 2.27. The molecular formula is C25H31FN4O3. The molecule has 2 saturated heterocycles. The first-order chi connectivity index (χ1) is 15.8. The first kappa shape index (κ1) is 23.3. The van der Waals surface area contributed by atoms with Crippen LogP contribution in [0.3, 0.4) is 0 Å². The van der Waals surface area contributed by atoms with Crippen LogP contribution in [0.15, 0.2) is 30.3 Å². The Hall–Kier alpha value is -2.87.